The molecule has 3 unspecified atom stereocenters. The highest BCUT2D eigenvalue weighted by Gasteiger charge is 2.43. The molecule has 0 aliphatic heterocycles. The summed E-state index contributed by atoms with van der Waals surface area (Å²) >= 11 is 1.73. The van der Waals surface area contributed by atoms with Gasteiger partial charge in [-0.05, 0) is 42.7 Å². The number of hydrogen-bond donors (Lipinski definition) is 1. The van der Waals surface area contributed by atoms with Crippen LogP contribution in [0.3, 0.4) is 0 Å². The van der Waals surface area contributed by atoms with Gasteiger partial charge in [-0.25, -0.2) is 4.98 Å². The quantitative estimate of drug-likeness (QED) is 0.894. The molecule has 0 bridgehead atoms. The lowest BCUT2D eigenvalue weighted by Crippen LogP contribution is -2.47. The van der Waals surface area contributed by atoms with Crippen molar-refractivity contribution in [3.05, 3.63) is 29.3 Å². The van der Waals surface area contributed by atoms with Crippen molar-refractivity contribution in [2.24, 2.45) is 17.8 Å². The van der Waals surface area contributed by atoms with Crippen molar-refractivity contribution in [3.63, 3.8) is 0 Å². The van der Waals surface area contributed by atoms with Crippen molar-refractivity contribution in [1.82, 2.24) is 4.98 Å². The lowest BCUT2D eigenvalue weighted by atomic mass is 9.66. The van der Waals surface area contributed by atoms with Gasteiger partial charge in [0.25, 0.3) is 0 Å². The van der Waals surface area contributed by atoms with E-state index in [0.717, 1.165) is 23.4 Å². The Morgan fingerprint density at radius 2 is 2.10 bits per heavy atom. The van der Waals surface area contributed by atoms with Crippen molar-refractivity contribution >= 4 is 21.6 Å². The number of benzene rings is 1. The predicted molar refractivity (Wildman–Crippen MR) is 89.6 cm³/mol. The molecule has 3 rings (SSSR count). The molecule has 0 radical (unpaired) electrons. The highest BCUT2D eigenvalue weighted by molar-refractivity contribution is 7.18. The molecule has 1 aromatic heterocycles. The summed E-state index contributed by atoms with van der Waals surface area (Å²) in [6, 6.07) is 8.26. The van der Waals surface area contributed by atoms with Crippen molar-refractivity contribution < 1.29 is 5.11 Å². The molecule has 1 aromatic carbocycles. The van der Waals surface area contributed by atoms with Gasteiger partial charge >= 0.3 is 0 Å². The Balaban J connectivity index is 1.88. The van der Waals surface area contributed by atoms with Crippen LogP contribution in [0, 0.1) is 17.8 Å². The third-order valence-electron chi connectivity index (χ3n) is 4.96. The van der Waals surface area contributed by atoms with Gasteiger partial charge in [0, 0.05) is 6.42 Å². The Kier molecular flexibility index (Phi) is 4.06. The van der Waals surface area contributed by atoms with Crippen LogP contribution in [0.4, 0.5) is 0 Å². The fourth-order valence-corrected chi connectivity index (χ4v) is 5.09. The molecule has 21 heavy (non-hydrogen) atoms. The van der Waals surface area contributed by atoms with Crippen LogP contribution in [-0.2, 0) is 6.42 Å². The van der Waals surface area contributed by atoms with Gasteiger partial charge in [-0.1, -0.05) is 39.3 Å². The number of aliphatic hydroxyl groups is 1. The first-order chi connectivity index (χ1) is 9.98. The first-order valence-electron chi connectivity index (χ1n) is 8.05. The molecular formula is C18H25NOS. The van der Waals surface area contributed by atoms with E-state index in [0.29, 0.717) is 24.2 Å². The molecule has 1 fully saturated rings. The van der Waals surface area contributed by atoms with Crippen LogP contribution >= 0.6 is 11.3 Å². The van der Waals surface area contributed by atoms with Crippen LogP contribution in [-0.4, -0.2) is 15.7 Å². The Morgan fingerprint density at radius 1 is 1.33 bits per heavy atom. The Morgan fingerprint density at radius 3 is 2.81 bits per heavy atom. The Labute approximate surface area is 131 Å². The highest BCUT2D eigenvalue weighted by atomic mass is 32.1. The van der Waals surface area contributed by atoms with Crippen LogP contribution in [0.5, 0.6) is 0 Å². The van der Waals surface area contributed by atoms with E-state index in [2.05, 4.69) is 39.0 Å². The number of fused-ring (bicyclic) bond motifs is 1. The smallest absolute Gasteiger partial charge is 0.0967 e. The molecular weight excluding hydrogens is 278 g/mol. The van der Waals surface area contributed by atoms with Crippen molar-refractivity contribution in [1.29, 1.82) is 0 Å². The van der Waals surface area contributed by atoms with Gasteiger partial charge in [0.2, 0.25) is 0 Å². The minimum Gasteiger partial charge on any atom is -0.389 e. The predicted octanol–water partition coefficient (Wildman–Crippen LogP) is 4.66. The molecule has 0 amide bonds. The zero-order valence-corrected chi connectivity index (χ0v) is 14.0. The minimum atomic E-state index is -0.584. The van der Waals surface area contributed by atoms with E-state index in [9.17, 15) is 5.11 Å². The van der Waals surface area contributed by atoms with Crippen LogP contribution in [0.2, 0.25) is 0 Å². The average molecular weight is 303 g/mol. The summed E-state index contributed by atoms with van der Waals surface area (Å²) in [6.45, 7) is 6.74. The number of rotatable bonds is 3. The first kappa shape index (κ1) is 15.0. The second kappa shape index (κ2) is 5.69. The van der Waals surface area contributed by atoms with Crippen molar-refractivity contribution in [2.45, 2.75) is 52.1 Å². The van der Waals surface area contributed by atoms with E-state index >= 15 is 0 Å². The normalized spacial score (nSPS) is 30.1. The topological polar surface area (TPSA) is 33.1 Å². The molecule has 0 saturated heterocycles. The van der Waals surface area contributed by atoms with Crippen molar-refractivity contribution in [3.8, 4) is 0 Å². The third kappa shape index (κ3) is 3.00. The summed E-state index contributed by atoms with van der Waals surface area (Å²) in [6.07, 6.45) is 4.00. The number of para-hydroxylation sites is 1. The summed E-state index contributed by atoms with van der Waals surface area (Å²) in [5.74, 6) is 1.52. The van der Waals surface area contributed by atoms with E-state index in [1.165, 1.54) is 11.1 Å². The van der Waals surface area contributed by atoms with Crippen LogP contribution in [0.25, 0.3) is 10.2 Å². The standard InChI is InChI=1S/C18H25NOS/c1-12(2)14-9-8-13(3)10-18(14,20)11-17-19-15-6-4-5-7-16(15)21-17/h4-7,12-14,20H,8-11H2,1-3H3. The lowest BCUT2D eigenvalue weighted by molar-refractivity contribution is -0.0794. The van der Waals surface area contributed by atoms with Gasteiger partial charge in [-0.3, -0.25) is 0 Å². The maximum absolute atomic E-state index is 11.3. The van der Waals surface area contributed by atoms with E-state index in [1.807, 2.05) is 6.07 Å². The number of hydrogen-bond acceptors (Lipinski definition) is 3. The second-order valence-corrected chi connectivity index (χ2v) is 8.21. The molecule has 3 atom stereocenters. The zero-order valence-electron chi connectivity index (χ0n) is 13.2. The molecule has 1 aliphatic rings. The summed E-state index contributed by atoms with van der Waals surface area (Å²) in [5, 5.41) is 12.4. The van der Waals surface area contributed by atoms with E-state index in [-0.39, 0.29) is 0 Å². The zero-order chi connectivity index (χ0) is 15.0. The van der Waals surface area contributed by atoms with E-state index in [4.69, 9.17) is 4.98 Å². The molecule has 1 aliphatic carbocycles. The summed E-state index contributed by atoms with van der Waals surface area (Å²) in [5.41, 5.74) is 0.478. The van der Waals surface area contributed by atoms with Gasteiger partial charge in [-0.2, -0.15) is 0 Å². The van der Waals surface area contributed by atoms with Gasteiger partial charge in [0.1, 0.15) is 0 Å². The Bertz CT molecular complexity index is 587. The average Bonchev–Trinajstić information content (AvgIpc) is 2.79. The molecule has 114 valence electrons. The van der Waals surface area contributed by atoms with Gasteiger partial charge < -0.3 is 5.11 Å². The van der Waals surface area contributed by atoms with Crippen LogP contribution < -0.4 is 0 Å². The fourth-order valence-electron chi connectivity index (χ4n) is 4.00. The maximum atomic E-state index is 11.3. The number of nitrogens with zero attached hydrogens (tertiary/aromatic N) is 1. The summed E-state index contributed by atoms with van der Waals surface area (Å²) in [7, 11) is 0. The third-order valence-corrected chi connectivity index (χ3v) is 6.00. The largest absolute Gasteiger partial charge is 0.389 e. The summed E-state index contributed by atoms with van der Waals surface area (Å²) < 4.78 is 1.22. The van der Waals surface area contributed by atoms with Crippen molar-refractivity contribution in [2.75, 3.05) is 0 Å². The van der Waals surface area contributed by atoms with Gasteiger partial charge in [-0.15, -0.1) is 11.3 Å². The molecule has 1 N–H and O–H groups in total. The highest BCUT2D eigenvalue weighted by Crippen LogP contribution is 2.43. The lowest BCUT2D eigenvalue weighted by Gasteiger charge is -2.44. The monoisotopic (exact) mass is 303 g/mol. The maximum Gasteiger partial charge on any atom is 0.0967 e. The number of aromatic nitrogens is 1. The molecule has 2 nitrogen and oxygen atoms in total. The molecule has 1 saturated carbocycles. The first-order valence-corrected chi connectivity index (χ1v) is 8.86. The van der Waals surface area contributed by atoms with Gasteiger partial charge in [0.05, 0.1) is 20.8 Å². The van der Waals surface area contributed by atoms with Gasteiger partial charge in [0.15, 0.2) is 0 Å². The second-order valence-electron chi connectivity index (χ2n) is 7.09. The SMILES string of the molecule is CC1CCC(C(C)C)C(O)(Cc2nc3ccccc3s2)C1. The molecule has 2 aromatic rings. The van der Waals surface area contributed by atoms with Crippen LogP contribution in [0.1, 0.15) is 45.0 Å². The van der Waals surface area contributed by atoms with E-state index < -0.39 is 5.60 Å². The molecule has 3 heteroatoms. The number of thiazole rings is 1. The fraction of sp³-hybridized carbons (Fsp3) is 0.611. The Hall–Kier alpha value is -0.930. The summed E-state index contributed by atoms with van der Waals surface area (Å²) in [4.78, 5) is 4.73. The van der Waals surface area contributed by atoms with E-state index in [1.54, 1.807) is 11.3 Å². The van der Waals surface area contributed by atoms with Crippen LogP contribution in [0.15, 0.2) is 24.3 Å². The molecule has 1 heterocycles. The minimum absolute atomic E-state index is 0.390. The molecule has 0 spiro atoms.